The Balaban J connectivity index is 2.14. The number of aliphatic imine (C=N–C) groups is 1. The largest absolute Gasteiger partial charge is 0.246 e. The Morgan fingerprint density at radius 3 is 2.38 bits per heavy atom. The standard InChI is InChI=1S/C14H10IN/c15-14-13(10-6-2-1-3-7-10)11-8-4-5-9-12(11)16-14/h1-9,13H. The Hall–Kier alpha value is -1.16. The summed E-state index contributed by atoms with van der Waals surface area (Å²) in [5.41, 5.74) is 3.75. The van der Waals surface area contributed by atoms with Crippen molar-refractivity contribution in [3.05, 3.63) is 65.7 Å². The molecule has 0 radical (unpaired) electrons. The maximum Gasteiger partial charge on any atom is 0.0910 e. The number of benzene rings is 2. The monoisotopic (exact) mass is 319 g/mol. The molecule has 0 aliphatic carbocycles. The molecule has 3 rings (SSSR count). The lowest BCUT2D eigenvalue weighted by molar-refractivity contribution is 1.13. The predicted molar refractivity (Wildman–Crippen MR) is 75.8 cm³/mol. The molecule has 0 amide bonds. The van der Waals surface area contributed by atoms with Gasteiger partial charge in [0.05, 0.1) is 15.3 Å². The topological polar surface area (TPSA) is 12.4 Å². The summed E-state index contributed by atoms with van der Waals surface area (Å²) >= 11 is 2.34. The summed E-state index contributed by atoms with van der Waals surface area (Å²) in [4.78, 5) is 4.61. The summed E-state index contributed by atoms with van der Waals surface area (Å²) < 4.78 is 1.16. The van der Waals surface area contributed by atoms with E-state index in [1.807, 2.05) is 12.1 Å². The van der Waals surface area contributed by atoms with Crippen molar-refractivity contribution in [1.82, 2.24) is 0 Å². The van der Waals surface area contributed by atoms with Crippen molar-refractivity contribution in [3.63, 3.8) is 0 Å². The van der Waals surface area contributed by atoms with Gasteiger partial charge in [0.25, 0.3) is 0 Å². The normalized spacial score (nSPS) is 18.1. The molecule has 0 fully saturated rings. The number of hydrogen-bond donors (Lipinski definition) is 0. The van der Waals surface area contributed by atoms with Crippen LogP contribution in [0.2, 0.25) is 0 Å². The fraction of sp³-hybridized carbons (Fsp3) is 0.0714. The number of fused-ring (bicyclic) bond motifs is 1. The van der Waals surface area contributed by atoms with Crippen LogP contribution in [0.15, 0.2) is 59.6 Å². The molecule has 1 aliphatic rings. The minimum atomic E-state index is 0.331. The molecule has 0 spiro atoms. The fourth-order valence-electron chi connectivity index (χ4n) is 2.10. The fourth-order valence-corrected chi connectivity index (χ4v) is 3.06. The van der Waals surface area contributed by atoms with E-state index in [2.05, 4.69) is 70.0 Å². The second kappa shape index (κ2) is 4.01. The molecule has 0 saturated carbocycles. The van der Waals surface area contributed by atoms with Gasteiger partial charge in [-0.05, 0) is 39.8 Å². The minimum absolute atomic E-state index is 0.331. The SMILES string of the molecule is IC1=Nc2ccccc2C1c1ccccc1. The molecule has 1 unspecified atom stereocenters. The molecule has 0 aromatic heterocycles. The first-order chi connectivity index (χ1) is 7.86. The highest BCUT2D eigenvalue weighted by molar-refractivity contribution is 14.1. The third-order valence-corrected chi connectivity index (χ3v) is 3.71. The molecule has 1 heterocycles. The second-order valence-electron chi connectivity index (χ2n) is 3.84. The molecule has 1 atom stereocenters. The molecule has 1 nitrogen and oxygen atoms in total. The van der Waals surface area contributed by atoms with Crippen molar-refractivity contribution >= 4 is 32.0 Å². The molecule has 1 aliphatic heterocycles. The van der Waals surface area contributed by atoms with Crippen LogP contribution in [0.4, 0.5) is 5.69 Å². The summed E-state index contributed by atoms with van der Waals surface area (Å²) in [7, 11) is 0. The Labute approximate surface area is 108 Å². The van der Waals surface area contributed by atoms with Gasteiger partial charge in [-0.3, -0.25) is 0 Å². The van der Waals surface area contributed by atoms with Gasteiger partial charge in [-0.2, -0.15) is 0 Å². The van der Waals surface area contributed by atoms with Crippen LogP contribution in [0, 0.1) is 0 Å². The van der Waals surface area contributed by atoms with E-state index >= 15 is 0 Å². The third kappa shape index (κ3) is 1.57. The first-order valence-corrected chi connectivity index (χ1v) is 6.32. The highest BCUT2D eigenvalue weighted by Gasteiger charge is 2.26. The number of hydrogen-bond acceptors (Lipinski definition) is 1. The Morgan fingerprint density at radius 1 is 0.875 bits per heavy atom. The molecule has 0 N–H and O–H groups in total. The van der Waals surface area contributed by atoms with Crippen molar-refractivity contribution < 1.29 is 0 Å². The minimum Gasteiger partial charge on any atom is -0.246 e. The van der Waals surface area contributed by atoms with Crippen LogP contribution in [-0.4, -0.2) is 3.72 Å². The van der Waals surface area contributed by atoms with Gasteiger partial charge in [-0.1, -0.05) is 48.5 Å². The van der Waals surface area contributed by atoms with Crippen LogP contribution < -0.4 is 0 Å². The molecule has 2 heteroatoms. The van der Waals surface area contributed by atoms with E-state index in [1.165, 1.54) is 11.1 Å². The van der Waals surface area contributed by atoms with Crippen LogP contribution in [-0.2, 0) is 0 Å². The average molecular weight is 319 g/mol. The molecule has 0 bridgehead atoms. The van der Waals surface area contributed by atoms with Gasteiger partial charge in [0, 0.05) is 0 Å². The van der Waals surface area contributed by atoms with Gasteiger partial charge in [0.1, 0.15) is 0 Å². The molecular weight excluding hydrogens is 309 g/mol. The molecule has 78 valence electrons. The Bertz CT molecular complexity index is 546. The van der Waals surface area contributed by atoms with Gasteiger partial charge in [0.15, 0.2) is 0 Å². The zero-order chi connectivity index (χ0) is 11.0. The van der Waals surface area contributed by atoms with E-state index in [0.717, 1.165) is 9.41 Å². The van der Waals surface area contributed by atoms with Gasteiger partial charge in [-0.25, -0.2) is 4.99 Å². The first kappa shape index (κ1) is 10.0. The van der Waals surface area contributed by atoms with Crippen LogP contribution in [0.3, 0.4) is 0 Å². The number of para-hydroxylation sites is 1. The molecular formula is C14H10IN. The van der Waals surface area contributed by atoms with Crippen LogP contribution >= 0.6 is 22.6 Å². The average Bonchev–Trinajstić information content (AvgIpc) is 2.66. The number of nitrogens with zero attached hydrogens (tertiary/aromatic N) is 1. The van der Waals surface area contributed by atoms with E-state index in [1.54, 1.807) is 0 Å². The lowest BCUT2D eigenvalue weighted by Gasteiger charge is -2.11. The van der Waals surface area contributed by atoms with Crippen molar-refractivity contribution in [2.45, 2.75) is 5.92 Å². The van der Waals surface area contributed by atoms with Crippen LogP contribution in [0.5, 0.6) is 0 Å². The number of rotatable bonds is 1. The summed E-state index contributed by atoms with van der Waals surface area (Å²) in [6.45, 7) is 0. The Kier molecular flexibility index (Phi) is 2.52. The summed E-state index contributed by atoms with van der Waals surface area (Å²) in [6, 6.07) is 18.9. The maximum atomic E-state index is 4.61. The van der Waals surface area contributed by atoms with Gasteiger partial charge in [0.2, 0.25) is 0 Å². The molecule has 2 aromatic carbocycles. The lowest BCUT2D eigenvalue weighted by atomic mass is 9.93. The van der Waals surface area contributed by atoms with E-state index < -0.39 is 0 Å². The second-order valence-corrected chi connectivity index (χ2v) is 4.94. The van der Waals surface area contributed by atoms with E-state index in [9.17, 15) is 0 Å². The van der Waals surface area contributed by atoms with Crippen LogP contribution in [0.1, 0.15) is 17.0 Å². The highest BCUT2D eigenvalue weighted by Crippen LogP contribution is 2.41. The lowest BCUT2D eigenvalue weighted by Crippen LogP contribution is -2.03. The zero-order valence-corrected chi connectivity index (χ0v) is 10.8. The van der Waals surface area contributed by atoms with E-state index in [4.69, 9.17) is 0 Å². The summed E-state index contributed by atoms with van der Waals surface area (Å²) in [5.74, 6) is 0.331. The Morgan fingerprint density at radius 2 is 1.56 bits per heavy atom. The quantitative estimate of drug-likeness (QED) is 0.695. The summed E-state index contributed by atoms with van der Waals surface area (Å²) in [5, 5.41) is 0. The zero-order valence-electron chi connectivity index (χ0n) is 8.60. The van der Waals surface area contributed by atoms with Crippen molar-refractivity contribution in [3.8, 4) is 0 Å². The number of halogens is 1. The molecule has 2 aromatic rings. The van der Waals surface area contributed by atoms with Crippen molar-refractivity contribution in [2.75, 3.05) is 0 Å². The van der Waals surface area contributed by atoms with E-state index in [0.29, 0.717) is 5.92 Å². The highest BCUT2D eigenvalue weighted by atomic mass is 127. The van der Waals surface area contributed by atoms with Gasteiger partial charge in [-0.15, -0.1) is 0 Å². The predicted octanol–water partition coefficient (Wildman–Crippen LogP) is 4.30. The van der Waals surface area contributed by atoms with Crippen molar-refractivity contribution in [2.24, 2.45) is 4.99 Å². The van der Waals surface area contributed by atoms with Gasteiger partial charge < -0.3 is 0 Å². The first-order valence-electron chi connectivity index (χ1n) is 5.24. The van der Waals surface area contributed by atoms with Crippen molar-refractivity contribution in [1.29, 1.82) is 0 Å². The van der Waals surface area contributed by atoms with Crippen LogP contribution in [0.25, 0.3) is 0 Å². The smallest absolute Gasteiger partial charge is 0.0910 e. The molecule has 16 heavy (non-hydrogen) atoms. The van der Waals surface area contributed by atoms with E-state index in [-0.39, 0.29) is 0 Å². The third-order valence-electron chi connectivity index (χ3n) is 2.85. The van der Waals surface area contributed by atoms with Gasteiger partial charge >= 0.3 is 0 Å². The summed E-state index contributed by atoms with van der Waals surface area (Å²) in [6.07, 6.45) is 0. The maximum absolute atomic E-state index is 4.61. The molecule has 0 saturated heterocycles.